The second-order valence-electron chi connectivity index (χ2n) is 7.29. The number of aromatic amines is 1. The Morgan fingerprint density at radius 3 is 2.73 bits per heavy atom. The van der Waals surface area contributed by atoms with Crippen molar-refractivity contribution < 1.29 is 8.83 Å². The third-order valence-electron chi connectivity index (χ3n) is 5.17. The summed E-state index contributed by atoms with van der Waals surface area (Å²) in [4.78, 5) is 11.6. The van der Waals surface area contributed by atoms with E-state index in [1.54, 1.807) is 12.5 Å². The van der Waals surface area contributed by atoms with Crippen molar-refractivity contribution in [3.05, 3.63) is 48.4 Å². The average molecular weight is 412 g/mol. The van der Waals surface area contributed by atoms with Crippen molar-refractivity contribution in [2.45, 2.75) is 38.8 Å². The fraction of sp³-hybridized carbons (Fsp3) is 0.476. The minimum absolute atomic E-state index is 0.181. The van der Waals surface area contributed by atoms with Crippen LogP contribution in [0.4, 0.5) is 0 Å². The monoisotopic (exact) mass is 411 g/mol. The number of hydrogen-bond acceptors (Lipinski definition) is 6. The number of nitrogens with zero attached hydrogens (tertiary/aromatic N) is 4. The van der Waals surface area contributed by atoms with E-state index in [9.17, 15) is 0 Å². The van der Waals surface area contributed by atoms with Crippen molar-refractivity contribution in [1.29, 1.82) is 0 Å². The number of hydrogen-bond donors (Lipinski definition) is 3. The molecule has 0 amide bonds. The number of likely N-dealkylation sites (tertiary alicyclic amines) is 1. The van der Waals surface area contributed by atoms with Crippen molar-refractivity contribution in [2.75, 3.05) is 26.2 Å². The minimum Gasteiger partial charge on any atom is -0.468 e. The second-order valence-corrected chi connectivity index (χ2v) is 7.29. The van der Waals surface area contributed by atoms with E-state index in [1.807, 2.05) is 18.2 Å². The Labute approximate surface area is 176 Å². The summed E-state index contributed by atoms with van der Waals surface area (Å²) in [5, 5.41) is 13.9. The number of aromatic nitrogens is 3. The maximum Gasteiger partial charge on any atom is 0.216 e. The molecule has 1 fully saturated rings. The van der Waals surface area contributed by atoms with Gasteiger partial charge in [0.15, 0.2) is 11.7 Å². The Bertz CT molecular complexity index is 896. The largest absolute Gasteiger partial charge is 0.468 e. The Kier molecular flexibility index (Phi) is 6.81. The van der Waals surface area contributed by atoms with Gasteiger partial charge in [-0.2, -0.15) is 0 Å². The topological polar surface area (TPSA) is 108 Å². The van der Waals surface area contributed by atoms with Crippen LogP contribution in [-0.4, -0.2) is 52.2 Å². The second kappa shape index (κ2) is 10.1. The fourth-order valence-corrected chi connectivity index (χ4v) is 3.69. The predicted molar refractivity (Wildman–Crippen MR) is 114 cm³/mol. The van der Waals surface area contributed by atoms with Gasteiger partial charge in [-0.1, -0.05) is 6.42 Å². The van der Waals surface area contributed by atoms with Gasteiger partial charge in [0, 0.05) is 13.1 Å². The van der Waals surface area contributed by atoms with Gasteiger partial charge in [0.1, 0.15) is 18.1 Å². The molecule has 0 bridgehead atoms. The normalized spacial score (nSPS) is 16.5. The van der Waals surface area contributed by atoms with E-state index in [1.165, 1.54) is 19.3 Å². The number of aliphatic imine (C=N–C) groups is 1. The molecule has 0 spiro atoms. The van der Waals surface area contributed by atoms with Gasteiger partial charge in [-0.25, -0.2) is 9.98 Å². The predicted octanol–water partition coefficient (Wildman–Crippen LogP) is 2.94. The van der Waals surface area contributed by atoms with Crippen LogP contribution in [0, 0.1) is 0 Å². The van der Waals surface area contributed by atoms with Crippen molar-refractivity contribution >= 4 is 5.96 Å². The molecule has 1 aliphatic rings. The van der Waals surface area contributed by atoms with Crippen LogP contribution in [0.25, 0.3) is 11.6 Å². The first-order valence-electron chi connectivity index (χ1n) is 10.6. The highest BCUT2D eigenvalue weighted by molar-refractivity contribution is 5.79. The van der Waals surface area contributed by atoms with E-state index in [4.69, 9.17) is 8.83 Å². The van der Waals surface area contributed by atoms with Gasteiger partial charge in [-0.05, 0) is 57.1 Å². The van der Waals surface area contributed by atoms with Gasteiger partial charge in [0.2, 0.25) is 5.82 Å². The summed E-state index contributed by atoms with van der Waals surface area (Å²) < 4.78 is 11.1. The summed E-state index contributed by atoms with van der Waals surface area (Å²) in [6, 6.07) is 7.83. The first-order chi connectivity index (χ1) is 14.8. The zero-order valence-electron chi connectivity index (χ0n) is 17.3. The molecule has 1 aliphatic heterocycles. The number of H-pyrrole nitrogens is 1. The molecule has 3 N–H and O–H groups in total. The van der Waals surface area contributed by atoms with Crippen LogP contribution in [-0.2, 0) is 6.54 Å². The molecule has 1 unspecified atom stereocenters. The molecule has 1 saturated heterocycles. The number of piperidine rings is 1. The molecule has 4 rings (SSSR count). The molecule has 0 aliphatic carbocycles. The number of guanidine groups is 1. The maximum atomic E-state index is 5.73. The third kappa shape index (κ3) is 5.10. The molecule has 0 aromatic carbocycles. The number of furan rings is 2. The summed E-state index contributed by atoms with van der Waals surface area (Å²) in [5.41, 5.74) is 0. The summed E-state index contributed by atoms with van der Waals surface area (Å²) in [6.45, 7) is 6.11. The highest BCUT2D eigenvalue weighted by Gasteiger charge is 2.24. The highest BCUT2D eigenvalue weighted by Crippen LogP contribution is 2.24. The van der Waals surface area contributed by atoms with E-state index in [-0.39, 0.29) is 6.04 Å². The zero-order valence-corrected chi connectivity index (χ0v) is 17.3. The quantitative estimate of drug-likeness (QED) is 0.386. The van der Waals surface area contributed by atoms with Crippen molar-refractivity contribution in [3.63, 3.8) is 0 Å². The van der Waals surface area contributed by atoms with E-state index in [0.717, 1.165) is 31.4 Å². The molecule has 0 saturated carbocycles. The number of rotatable bonds is 8. The van der Waals surface area contributed by atoms with Gasteiger partial charge in [-0.3, -0.25) is 10.00 Å². The lowest BCUT2D eigenvalue weighted by Gasteiger charge is -2.33. The van der Waals surface area contributed by atoms with E-state index in [2.05, 4.69) is 48.7 Å². The van der Waals surface area contributed by atoms with Crippen molar-refractivity contribution in [2.24, 2.45) is 4.99 Å². The molecule has 4 heterocycles. The smallest absolute Gasteiger partial charge is 0.216 e. The van der Waals surface area contributed by atoms with E-state index in [0.29, 0.717) is 30.5 Å². The summed E-state index contributed by atoms with van der Waals surface area (Å²) in [7, 11) is 0. The molecule has 9 heteroatoms. The third-order valence-corrected chi connectivity index (χ3v) is 5.17. The first kappa shape index (κ1) is 20.2. The first-order valence-corrected chi connectivity index (χ1v) is 10.6. The van der Waals surface area contributed by atoms with Crippen LogP contribution in [0.3, 0.4) is 0 Å². The summed E-state index contributed by atoms with van der Waals surface area (Å²) >= 11 is 0. The van der Waals surface area contributed by atoms with Gasteiger partial charge < -0.3 is 19.5 Å². The summed E-state index contributed by atoms with van der Waals surface area (Å²) in [6.07, 6.45) is 7.11. The molecule has 0 radical (unpaired) electrons. The molecule has 3 aromatic rings. The van der Waals surface area contributed by atoms with E-state index < -0.39 is 0 Å². The van der Waals surface area contributed by atoms with Crippen LogP contribution in [0.15, 0.2) is 50.6 Å². The maximum absolute atomic E-state index is 5.73. The van der Waals surface area contributed by atoms with Crippen LogP contribution in [0.2, 0.25) is 0 Å². The average Bonchev–Trinajstić information content (AvgIpc) is 3.55. The Balaban J connectivity index is 1.40. The molecular weight excluding hydrogens is 382 g/mol. The molecule has 9 nitrogen and oxygen atoms in total. The lowest BCUT2D eigenvalue weighted by molar-refractivity contribution is 0.146. The molecular formula is C21H29N7O2. The Morgan fingerprint density at radius 2 is 2.00 bits per heavy atom. The van der Waals surface area contributed by atoms with Crippen molar-refractivity contribution in [3.8, 4) is 11.6 Å². The standard InChI is InChI=1S/C21H29N7O2/c1-2-22-21(24-15-19-25-20(27-26-19)18-9-7-13-30-18)23-14-16(17-8-6-12-29-17)28-10-4-3-5-11-28/h6-9,12-13,16H,2-5,10-11,14-15H2,1H3,(H2,22,23,24)(H,25,26,27). The van der Waals surface area contributed by atoms with Gasteiger partial charge in [0.25, 0.3) is 0 Å². The van der Waals surface area contributed by atoms with Crippen LogP contribution in [0.5, 0.6) is 0 Å². The molecule has 1 atom stereocenters. The van der Waals surface area contributed by atoms with Crippen LogP contribution in [0.1, 0.15) is 43.8 Å². The van der Waals surface area contributed by atoms with E-state index >= 15 is 0 Å². The van der Waals surface area contributed by atoms with Crippen LogP contribution < -0.4 is 10.6 Å². The minimum atomic E-state index is 0.181. The molecule has 3 aromatic heterocycles. The molecule has 160 valence electrons. The Morgan fingerprint density at radius 1 is 1.17 bits per heavy atom. The zero-order chi connectivity index (χ0) is 20.6. The van der Waals surface area contributed by atoms with Gasteiger partial charge >= 0.3 is 0 Å². The van der Waals surface area contributed by atoms with Gasteiger partial charge in [-0.15, -0.1) is 5.10 Å². The number of nitrogens with one attached hydrogen (secondary N) is 3. The molecule has 30 heavy (non-hydrogen) atoms. The van der Waals surface area contributed by atoms with Crippen LogP contribution >= 0.6 is 0 Å². The fourth-order valence-electron chi connectivity index (χ4n) is 3.69. The summed E-state index contributed by atoms with van der Waals surface area (Å²) in [5.74, 6) is 3.57. The lowest BCUT2D eigenvalue weighted by atomic mass is 10.1. The van der Waals surface area contributed by atoms with Crippen molar-refractivity contribution in [1.82, 2.24) is 30.7 Å². The Hall–Kier alpha value is -3.07. The SMILES string of the molecule is CCNC(=NCc1nc(-c2ccco2)n[nH]1)NCC(c1ccco1)N1CCCCC1. The van der Waals surface area contributed by atoms with Gasteiger partial charge in [0.05, 0.1) is 18.6 Å². The lowest BCUT2D eigenvalue weighted by Crippen LogP contribution is -2.44. The highest BCUT2D eigenvalue weighted by atomic mass is 16.3.